The van der Waals surface area contributed by atoms with Crippen LogP contribution in [-0.4, -0.2) is 77.1 Å². The summed E-state index contributed by atoms with van der Waals surface area (Å²) in [5, 5.41) is 11.3. The van der Waals surface area contributed by atoms with Crippen molar-refractivity contribution in [3.05, 3.63) is 65.0 Å². The Morgan fingerprint density at radius 1 is 1.12 bits per heavy atom. The molecule has 5 rings (SSSR count). The van der Waals surface area contributed by atoms with Gasteiger partial charge in [0.25, 0.3) is 11.7 Å². The highest BCUT2D eigenvalue weighted by atomic mass is 16.5. The van der Waals surface area contributed by atoms with E-state index in [0.29, 0.717) is 25.3 Å². The van der Waals surface area contributed by atoms with Gasteiger partial charge >= 0.3 is 0 Å². The van der Waals surface area contributed by atoms with Gasteiger partial charge < -0.3 is 19.5 Å². The number of aliphatic hydroxyl groups excluding tert-OH is 1. The molecule has 0 unspecified atom stereocenters. The van der Waals surface area contributed by atoms with Crippen molar-refractivity contribution < 1.29 is 24.2 Å². The fourth-order valence-corrected chi connectivity index (χ4v) is 5.02. The average Bonchev–Trinajstić information content (AvgIpc) is 3.35. The van der Waals surface area contributed by atoms with Crippen LogP contribution in [0.2, 0.25) is 0 Å². The van der Waals surface area contributed by atoms with Gasteiger partial charge in [-0.05, 0) is 54.8 Å². The number of carbonyl (C=O) groups excluding carboxylic acids is 2. The second-order valence-electron chi connectivity index (χ2n) is 9.04. The number of carbonyl (C=O) groups is 2. The molecule has 1 aromatic carbocycles. The van der Waals surface area contributed by atoms with Gasteiger partial charge in [-0.1, -0.05) is 0 Å². The van der Waals surface area contributed by atoms with E-state index >= 15 is 0 Å². The first kappa shape index (κ1) is 22.6. The Balaban J connectivity index is 1.46. The van der Waals surface area contributed by atoms with Gasteiger partial charge in [-0.2, -0.15) is 0 Å². The van der Waals surface area contributed by atoms with Crippen LogP contribution in [0, 0.1) is 0 Å². The third-order valence-electron chi connectivity index (χ3n) is 6.71. The number of hydrogen-bond acceptors (Lipinski definition) is 7. The number of benzene rings is 1. The van der Waals surface area contributed by atoms with Crippen LogP contribution in [-0.2, 0) is 20.7 Å². The zero-order valence-corrected chi connectivity index (χ0v) is 19.3. The SMILES string of the molecule is C[C@H]1Cc2cc(C(O)=C3C(=O)C(=O)N(CCCN4CCOCC4)[C@@H]3c3ccncc3)ccc2O1. The highest BCUT2D eigenvalue weighted by molar-refractivity contribution is 6.46. The predicted molar refractivity (Wildman–Crippen MR) is 125 cm³/mol. The molecule has 2 atom stereocenters. The molecule has 178 valence electrons. The summed E-state index contributed by atoms with van der Waals surface area (Å²) in [5.41, 5.74) is 2.37. The van der Waals surface area contributed by atoms with Crippen LogP contribution in [0.1, 0.15) is 36.1 Å². The van der Waals surface area contributed by atoms with Crippen molar-refractivity contribution in [1.82, 2.24) is 14.8 Å². The lowest BCUT2D eigenvalue weighted by Gasteiger charge is -2.29. The topological polar surface area (TPSA) is 92.2 Å². The molecule has 3 aliphatic heterocycles. The van der Waals surface area contributed by atoms with E-state index in [9.17, 15) is 14.7 Å². The van der Waals surface area contributed by atoms with Gasteiger partial charge in [0.15, 0.2) is 0 Å². The molecule has 0 aliphatic carbocycles. The molecular formula is C26H29N3O5. The molecule has 1 amide bonds. The van der Waals surface area contributed by atoms with E-state index in [1.165, 1.54) is 0 Å². The molecule has 2 saturated heterocycles. The van der Waals surface area contributed by atoms with Gasteiger partial charge in [-0.3, -0.25) is 19.5 Å². The van der Waals surface area contributed by atoms with Crippen molar-refractivity contribution >= 4 is 17.4 Å². The number of ether oxygens (including phenoxy) is 2. The second-order valence-corrected chi connectivity index (χ2v) is 9.04. The zero-order chi connectivity index (χ0) is 23.7. The number of fused-ring (bicyclic) bond motifs is 1. The van der Waals surface area contributed by atoms with Crippen LogP contribution < -0.4 is 4.74 Å². The first-order chi connectivity index (χ1) is 16.5. The van der Waals surface area contributed by atoms with Crippen molar-refractivity contribution in [1.29, 1.82) is 0 Å². The third-order valence-corrected chi connectivity index (χ3v) is 6.71. The Bertz CT molecular complexity index is 1110. The van der Waals surface area contributed by atoms with Crippen LogP contribution in [0.5, 0.6) is 5.75 Å². The molecule has 1 aromatic heterocycles. The normalized spacial score (nSPS) is 24.3. The average molecular weight is 464 g/mol. The highest BCUT2D eigenvalue weighted by Gasteiger charge is 2.45. The lowest BCUT2D eigenvalue weighted by Crippen LogP contribution is -2.38. The summed E-state index contributed by atoms with van der Waals surface area (Å²) in [6, 6.07) is 8.32. The van der Waals surface area contributed by atoms with Gasteiger partial charge in [0.1, 0.15) is 17.6 Å². The third kappa shape index (κ3) is 4.31. The van der Waals surface area contributed by atoms with Crippen LogP contribution in [0.25, 0.3) is 5.76 Å². The molecule has 0 bridgehead atoms. The van der Waals surface area contributed by atoms with E-state index < -0.39 is 17.7 Å². The molecule has 3 aliphatic rings. The number of aromatic nitrogens is 1. The molecule has 34 heavy (non-hydrogen) atoms. The summed E-state index contributed by atoms with van der Waals surface area (Å²) in [7, 11) is 0. The van der Waals surface area contributed by atoms with Crippen molar-refractivity contribution in [3.8, 4) is 5.75 Å². The molecule has 8 nitrogen and oxygen atoms in total. The van der Waals surface area contributed by atoms with E-state index in [2.05, 4.69) is 9.88 Å². The number of hydrogen-bond donors (Lipinski definition) is 1. The van der Waals surface area contributed by atoms with Crippen molar-refractivity contribution in [2.45, 2.75) is 31.9 Å². The summed E-state index contributed by atoms with van der Waals surface area (Å²) in [6.07, 6.45) is 4.80. The van der Waals surface area contributed by atoms with E-state index in [1.54, 1.807) is 35.5 Å². The minimum Gasteiger partial charge on any atom is -0.507 e. The minimum atomic E-state index is -0.657. The number of pyridine rings is 1. The number of ketones is 1. The fourth-order valence-electron chi connectivity index (χ4n) is 5.02. The van der Waals surface area contributed by atoms with Crippen molar-refractivity contribution in [3.63, 3.8) is 0 Å². The molecule has 4 heterocycles. The lowest BCUT2D eigenvalue weighted by molar-refractivity contribution is -0.140. The van der Waals surface area contributed by atoms with Gasteiger partial charge in [0, 0.05) is 50.6 Å². The van der Waals surface area contributed by atoms with Crippen LogP contribution in [0.15, 0.2) is 48.3 Å². The van der Waals surface area contributed by atoms with Crippen LogP contribution in [0.3, 0.4) is 0 Å². The second kappa shape index (κ2) is 9.56. The van der Waals surface area contributed by atoms with E-state index in [1.807, 2.05) is 19.1 Å². The number of nitrogens with zero attached hydrogens (tertiary/aromatic N) is 3. The predicted octanol–water partition coefficient (Wildman–Crippen LogP) is 2.55. The van der Waals surface area contributed by atoms with Gasteiger partial charge in [0.2, 0.25) is 0 Å². The monoisotopic (exact) mass is 463 g/mol. The lowest BCUT2D eigenvalue weighted by atomic mass is 9.95. The summed E-state index contributed by atoms with van der Waals surface area (Å²) in [6.45, 7) is 6.39. The molecule has 0 radical (unpaired) electrons. The molecule has 2 aromatic rings. The smallest absolute Gasteiger partial charge is 0.295 e. The molecular weight excluding hydrogens is 434 g/mol. The molecule has 0 spiro atoms. The maximum absolute atomic E-state index is 13.2. The Morgan fingerprint density at radius 2 is 1.88 bits per heavy atom. The Morgan fingerprint density at radius 3 is 2.65 bits per heavy atom. The van der Waals surface area contributed by atoms with Gasteiger partial charge in [0.05, 0.1) is 24.8 Å². The molecule has 8 heteroatoms. The van der Waals surface area contributed by atoms with Gasteiger partial charge in [-0.15, -0.1) is 0 Å². The Hall–Kier alpha value is -3.23. The fraction of sp³-hybridized carbons (Fsp3) is 0.423. The first-order valence-electron chi connectivity index (χ1n) is 11.8. The summed E-state index contributed by atoms with van der Waals surface area (Å²) < 4.78 is 11.2. The van der Waals surface area contributed by atoms with Gasteiger partial charge in [-0.25, -0.2) is 0 Å². The van der Waals surface area contributed by atoms with E-state index in [0.717, 1.165) is 49.4 Å². The molecule has 0 saturated carbocycles. The molecule has 1 N–H and O–H groups in total. The quantitative estimate of drug-likeness (QED) is 0.400. The van der Waals surface area contributed by atoms with E-state index in [-0.39, 0.29) is 17.4 Å². The van der Waals surface area contributed by atoms with Crippen LogP contribution >= 0.6 is 0 Å². The molecule has 2 fully saturated rings. The number of rotatable bonds is 6. The summed E-state index contributed by atoms with van der Waals surface area (Å²) >= 11 is 0. The van der Waals surface area contributed by atoms with E-state index in [4.69, 9.17) is 9.47 Å². The Kier molecular flexibility index (Phi) is 6.34. The minimum absolute atomic E-state index is 0.0706. The zero-order valence-electron chi connectivity index (χ0n) is 19.3. The Labute approximate surface area is 198 Å². The maximum Gasteiger partial charge on any atom is 0.295 e. The van der Waals surface area contributed by atoms with Crippen molar-refractivity contribution in [2.24, 2.45) is 0 Å². The number of Topliss-reactive ketones (excluding diaryl/α,β-unsaturated/α-hetero) is 1. The first-order valence-corrected chi connectivity index (χ1v) is 11.8. The summed E-state index contributed by atoms with van der Waals surface area (Å²) in [5.74, 6) is -0.601. The summed E-state index contributed by atoms with van der Waals surface area (Å²) in [4.78, 5) is 34.3. The number of aliphatic hydroxyl groups is 1. The largest absolute Gasteiger partial charge is 0.507 e. The van der Waals surface area contributed by atoms with Crippen molar-refractivity contribution in [2.75, 3.05) is 39.4 Å². The maximum atomic E-state index is 13.2. The highest BCUT2D eigenvalue weighted by Crippen LogP contribution is 2.40. The number of amides is 1. The number of morpholine rings is 1. The standard InChI is InChI=1S/C26H29N3O5/c1-17-15-20-16-19(3-4-21(20)34-17)24(30)22-23(18-5-7-27-8-6-18)29(26(32)25(22)31)10-2-9-28-11-13-33-14-12-28/h3-8,16-17,23,30H,2,9-15H2,1H3/t17-,23+/m0/s1. The number of likely N-dealkylation sites (tertiary alicyclic amines) is 1. The van der Waals surface area contributed by atoms with Crippen LogP contribution in [0.4, 0.5) is 0 Å².